The summed E-state index contributed by atoms with van der Waals surface area (Å²) in [5.41, 5.74) is 0.589. The van der Waals surface area contributed by atoms with Gasteiger partial charge in [-0.3, -0.25) is 29.6 Å². The number of allylic oxidation sites excluding steroid dienone is 1. The lowest BCUT2D eigenvalue weighted by molar-refractivity contribution is -0.387. The minimum atomic E-state index is -0.953. The van der Waals surface area contributed by atoms with Crippen LogP contribution in [0.2, 0.25) is 5.02 Å². The van der Waals surface area contributed by atoms with Crippen molar-refractivity contribution in [2.24, 2.45) is 4.99 Å². The van der Waals surface area contributed by atoms with Gasteiger partial charge in [0.05, 0.1) is 43.2 Å². The van der Waals surface area contributed by atoms with Crippen LogP contribution in [0.5, 0.6) is 0 Å². The van der Waals surface area contributed by atoms with E-state index in [0.29, 0.717) is 31.5 Å². The fraction of sp³-hybridized carbons (Fsp3) is 0.138. The van der Waals surface area contributed by atoms with Crippen molar-refractivity contribution in [3.8, 4) is 0 Å². The van der Waals surface area contributed by atoms with Crippen LogP contribution in [0.15, 0.2) is 97.6 Å². The van der Waals surface area contributed by atoms with Crippen LogP contribution >= 0.6 is 34.7 Å². The molecule has 0 aliphatic carbocycles. The number of fused-ring (bicyclic) bond motifs is 1. The number of nitro groups is 2. The number of hydrogen-bond donors (Lipinski definition) is 0. The van der Waals surface area contributed by atoms with Crippen molar-refractivity contribution in [1.29, 1.82) is 0 Å². The molecule has 2 heterocycles. The summed E-state index contributed by atoms with van der Waals surface area (Å²) < 4.78 is 6.84. The van der Waals surface area contributed by atoms with E-state index < -0.39 is 27.4 Å². The zero-order valence-electron chi connectivity index (χ0n) is 22.6. The molecule has 43 heavy (non-hydrogen) atoms. The molecule has 0 bridgehead atoms. The molecular formula is C29H21ClN4O7S2. The van der Waals surface area contributed by atoms with Crippen molar-refractivity contribution in [1.82, 2.24) is 4.57 Å². The predicted octanol–water partition coefficient (Wildman–Crippen LogP) is 5.42. The summed E-state index contributed by atoms with van der Waals surface area (Å²) >= 11 is 8.22. The maximum Gasteiger partial charge on any atom is 0.338 e. The molecule has 1 aliphatic rings. The van der Waals surface area contributed by atoms with Gasteiger partial charge in [-0.1, -0.05) is 40.8 Å². The fourth-order valence-electron chi connectivity index (χ4n) is 4.52. The van der Waals surface area contributed by atoms with Crippen LogP contribution in [0.25, 0.3) is 6.08 Å². The number of nitro benzene ring substituents is 2. The third-order valence-corrected chi connectivity index (χ3v) is 8.76. The molecule has 1 aliphatic heterocycles. The SMILES string of the molecule is CCOC(=O)C1=C(C)N=c2s/c(=C/c3ccc(Sc4ccc(Cl)cc4)c([N+](=O)[O-])c3)c(=O)n2[C@H]1c1ccc([N+](=O)[O-])cc1. The summed E-state index contributed by atoms with van der Waals surface area (Å²) in [7, 11) is 0. The normalized spacial score (nSPS) is 14.7. The predicted molar refractivity (Wildman–Crippen MR) is 162 cm³/mol. The molecule has 1 aromatic heterocycles. The van der Waals surface area contributed by atoms with Crippen LogP contribution in [0.3, 0.4) is 0 Å². The third kappa shape index (κ3) is 6.14. The van der Waals surface area contributed by atoms with Gasteiger partial charge in [-0.15, -0.1) is 0 Å². The number of thiazole rings is 1. The van der Waals surface area contributed by atoms with E-state index in [4.69, 9.17) is 16.3 Å². The van der Waals surface area contributed by atoms with Crippen LogP contribution in [0.4, 0.5) is 11.4 Å². The van der Waals surface area contributed by atoms with Crippen LogP contribution in [-0.2, 0) is 9.53 Å². The highest BCUT2D eigenvalue weighted by Crippen LogP contribution is 2.36. The number of aromatic nitrogens is 1. The molecule has 0 spiro atoms. The average molecular weight is 637 g/mol. The Morgan fingerprint density at radius 2 is 1.79 bits per heavy atom. The van der Waals surface area contributed by atoms with Gasteiger partial charge in [0.2, 0.25) is 0 Å². The van der Waals surface area contributed by atoms with Gasteiger partial charge in [-0.2, -0.15) is 0 Å². The van der Waals surface area contributed by atoms with Crippen molar-refractivity contribution >= 4 is 58.1 Å². The van der Waals surface area contributed by atoms with E-state index in [-0.39, 0.29) is 28.1 Å². The molecule has 0 fully saturated rings. The average Bonchev–Trinajstić information content (AvgIpc) is 3.28. The Morgan fingerprint density at radius 3 is 2.42 bits per heavy atom. The summed E-state index contributed by atoms with van der Waals surface area (Å²) in [5, 5.41) is 23.7. The minimum Gasteiger partial charge on any atom is -0.463 e. The summed E-state index contributed by atoms with van der Waals surface area (Å²) in [5.74, 6) is -0.661. The van der Waals surface area contributed by atoms with Gasteiger partial charge in [-0.25, -0.2) is 9.79 Å². The Morgan fingerprint density at radius 1 is 1.09 bits per heavy atom. The van der Waals surface area contributed by atoms with Crippen molar-refractivity contribution < 1.29 is 19.4 Å². The molecule has 3 aromatic carbocycles. The maximum absolute atomic E-state index is 13.8. The third-order valence-electron chi connectivity index (χ3n) is 6.46. The first-order valence-electron chi connectivity index (χ1n) is 12.7. The minimum absolute atomic E-state index is 0.0953. The van der Waals surface area contributed by atoms with Crippen molar-refractivity contribution in [2.75, 3.05) is 6.61 Å². The van der Waals surface area contributed by atoms with Gasteiger partial charge in [0.1, 0.15) is 0 Å². The number of ether oxygens (including phenoxy) is 1. The molecular weight excluding hydrogens is 616 g/mol. The van der Waals surface area contributed by atoms with Gasteiger partial charge in [0, 0.05) is 28.1 Å². The zero-order chi connectivity index (χ0) is 30.8. The van der Waals surface area contributed by atoms with E-state index in [1.807, 2.05) is 0 Å². The number of halogens is 1. The maximum atomic E-state index is 13.8. The van der Waals surface area contributed by atoms with E-state index in [1.54, 1.807) is 50.2 Å². The largest absolute Gasteiger partial charge is 0.463 e. The molecule has 1 atom stereocenters. The Labute approximate surface area is 256 Å². The number of nitrogens with zero attached hydrogens (tertiary/aromatic N) is 4. The highest BCUT2D eigenvalue weighted by Gasteiger charge is 2.33. The number of esters is 1. The summed E-state index contributed by atoms with van der Waals surface area (Å²) in [6.07, 6.45) is 1.53. The number of rotatable bonds is 8. The lowest BCUT2D eigenvalue weighted by Crippen LogP contribution is -2.39. The van der Waals surface area contributed by atoms with Gasteiger partial charge in [0.25, 0.3) is 16.9 Å². The first-order valence-corrected chi connectivity index (χ1v) is 14.7. The number of non-ortho nitro benzene ring substituents is 1. The summed E-state index contributed by atoms with van der Waals surface area (Å²) in [4.78, 5) is 55.0. The summed E-state index contributed by atoms with van der Waals surface area (Å²) in [6, 6.07) is 16.2. The molecule has 218 valence electrons. The topological polar surface area (TPSA) is 147 Å². The fourth-order valence-corrected chi connectivity index (χ4v) is 6.59. The second-order valence-electron chi connectivity index (χ2n) is 9.19. The quantitative estimate of drug-likeness (QED) is 0.141. The van der Waals surface area contributed by atoms with Crippen LogP contribution in [-0.4, -0.2) is 27.0 Å². The highest BCUT2D eigenvalue weighted by atomic mass is 35.5. The van der Waals surface area contributed by atoms with E-state index in [9.17, 15) is 29.8 Å². The van der Waals surface area contributed by atoms with Crippen molar-refractivity contribution in [3.05, 3.63) is 134 Å². The van der Waals surface area contributed by atoms with Gasteiger partial charge in [-0.05, 0) is 73.5 Å². The second kappa shape index (κ2) is 12.3. The molecule has 0 amide bonds. The molecule has 0 radical (unpaired) electrons. The monoisotopic (exact) mass is 636 g/mol. The van der Waals surface area contributed by atoms with Crippen molar-refractivity contribution in [3.63, 3.8) is 0 Å². The number of hydrogen-bond acceptors (Lipinski definition) is 10. The molecule has 4 aromatic rings. The first-order chi connectivity index (χ1) is 20.6. The number of carbonyl (C=O) groups excluding carboxylic acids is 1. The molecule has 5 rings (SSSR count). The number of carbonyl (C=O) groups is 1. The van der Waals surface area contributed by atoms with Crippen LogP contribution in [0.1, 0.15) is 31.0 Å². The van der Waals surface area contributed by atoms with Gasteiger partial charge in [0.15, 0.2) is 4.80 Å². The molecule has 11 nitrogen and oxygen atoms in total. The lowest BCUT2D eigenvalue weighted by atomic mass is 9.95. The van der Waals surface area contributed by atoms with Crippen LogP contribution in [0, 0.1) is 20.2 Å². The Hall–Kier alpha value is -4.59. The van der Waals surface area contributed by atoms with E-state index in [0.717, 1.165) is 16.2 Å². The Kier molecular flexibility index (Phi) is 8.57. The lowest BCUT2D eigenvalue weighted by Gasteiger charge is -2.24. The highest BCUT2D eigenvalue weighted by molar-refractivity contribution is 7.99. The molecule has 0 N–H and O–H groups in total. The second-order valence-corrected chi connectivity index (χ2v) is 11.8. The smallest absolute Gasteiger partial charge is 0.338 e. The van der Waals surface area contributed by atoms with E-state index in [1.165, 1.54) is 52.7 Å². The Bertz CT molecular complexity index is 1980. The molecule has 0 unspecified atom stereocenters. The van der Waals surface area contributed by atoms with E-state index >= 15 is 0 Å². The molecule has 0 saturated heterocycles. The standard InChI is InChI=1S/C29H21ClN4O7S2/c1-3-41-28(36)25-16(2)31-29-32(26(25)18-5-9-20(10-6-18)33(37)38)27(35)24(43-29)15-17-4-13-23(22(14-17)34(39)40)42-21-11-7-19(30)8-12-21/h4-15,26H,3H2,1-2H3/b24-15+/t26-/m0/s1. The summed E-state index contributed by atoms with van der Waals surface area (Å²) in [6.45, 7) is 3.38. The molecule has 14 heteroatoms. The number of benzene rings is 3. The van der Waals surface area contributed by atoms with Crippen LogP contribution < -0.4 is 14.9 Å². The Balaban J connectivity index is 1.61. The van der Waals surface area contributed by atoms with Gasteiger partial charge < -0.3 is 4.74 Å². The van der Waals surface area contributed by atoms with Gasteiger partial charge >= 0.3 is 5.97 Å². The molecule has 0 saturated carbocycles. The first kappa shape index (κ1) is 29.9. The van der Waals surface area contributed by atoms with Crippen molar-refractivity contribution in [2.45, 2.75) is 29.7 Å². The zero-order valence-corrected chi connectivity index (χ0v) is 24.9. The van der Waals surface area contributed by atoms with E-state index in [2.05, 4.69) is 4.99 Å².